The van der Waals surface area contributed by atoms with Gasteiger partial charge in [-0.1, -0.05) is 60.1 Å². The molecule has 4 rings (SSSR count). The van der Waals surface area contributed by atoms with Gasteiger partial charge in [0.15, 0.2) is 0 Å². The quantitative estimate of drug-likeness (QED) is 0.334. The number of rotatable bonds is 5. The number of nitrogens with zero attached hydrogens (tertiary/aromatic N) is 1. The fourth-order valence-electron chi connectivity index (χ4n) is 3.70. The molecule has 1 aliphatic heterocycles. The zero-order valence-electron chi connectivity index (χ0n) is 16.8. The first-order valence-electron chi connectivity index (χ1n) is 9.86. The minimum atomic E-state index is -0.811. The number of anilines is 1. The van der Waals surface area contributed by atoms with Gasteiger partial charge in [0, 0.05) is 16.3 Å². The van der Waals surface area contributed by atoms with E-state index in [-0.39, 0.29) is 11.3 Å². The van der Waals surface area contributed by atoms with E-state index in [1.165, 1.54) is 4.90 Å². The van der Waals surface area contributed by atoms with Gasteiger partial charge < -0.3 is 9.84 Å². The Bertz CT molecular complexity index is 1160. The van der Waals surface area contributed by atoms with Crippen molar-refractivity contribution in [2.45, 2.75) is 13.0 Å². The Hall–Kier alpha value is -3.57. The number of halogens is 1. The van der Waals surface area contributed by atoms with Gasteiger partial charge >= 0.3 is 0 Å². The number of carbonyl (C=O) groups is 2. The minimum Gasteiger partial charge on any atom is -0.507 e. The third-order valence-electron chi connectivity index (χ3n) is 5.08. The SMILES string of the molecule is CCOc1ccc(C2C(=C(O)c3ccccc3)C(=O)C(=O)N2c2cccc(Cl)c2)cc1. The highest BCUT2D eigenvalue weighted by Crippen LogP contribution is 2.42. The molecule has 1 amide bonds. The fraction of sp³-hybridized carbons (Fsp3) is 0.120. The molecule has 3 aromatic carbocycles. The second-order valence-corrected chi connectivity index (χ2v) is 7.45. The number of carbonyl (C=O) groups excluding carboxylic acids is 2. The zero-order valence-corrected chi connectivity index (χ0v) is 17.5. The van der Waals surface area contributed by atoms with Crippen molar-refractivity contribution in [1.82, 2.24) is 0 Å². The molecule has 31 heavy (non-hydrogen) atoms. The monoisotopic (exact) mass is 433 g/mol. The molecule has 0 spiro atoms. The van der Waals surface area contributed by atoms with Crippen LogP contribution in [0.2, 0.25) is 5.02 Å². The highest BCUT2D eigenvalue weighted by Gasteiger charge is 2.47. The number of ketones is 1. The maximum atomic E-state index is 13.1. The Morgan fingerprint density at radius 2 is 1.71 bits per heavy atom. The summed E-state index contributed by atoms with van der Waals surface area (Å²) in [6.07, 6.45) is 0. The smallest absolute Gasteiger partial charge is 0.300 e. The summed E-state index contributed by atoms with van der Waals surface area (Å²) in [5, 5.41) is 11.5. The lowest BCUT2D eigenvalue weighted by molar-refractivity contribution is -0.132. The summed E-state index contributed by atoms with van der Waals surface area (Å²) < 4.78 is 5.51. The maximum absolute atomic E-state index is 13.1. The van der Waals surface area contributed by atoms with Crippen molar-refractivity contribution in [1.29, 1.82) is 0 Å². The summed E-state index contributed by atoms with van der Waals surface area (Å²) in [5.41, 5.74) is 1.63. The van der Waals surface area contributed by atoms with Gasteiger partial charge in [-0.05, 0) is 42.8 Å². The first-order chi connectivity index (χ1) is 15.0. The molecule has 1 fully saturated rings. The first-order valence-corrected chi connectivity index (χ1v) is 10.2. The number of ether oxygens (including phenoxy) is 1. The molecule has 0 aliphatic carbocycles. The summed E-state index contributed by atoms with van der Waals surface area (Å²) in [4.78, 5) is 27.5. The van der Waals surface area contributed by atoms with Gasteiger partial charge in [-0.25, -0.2) is 0 Å². The first kappa shape index (κ1) is 20.7. The highest BCUT2D eigenvalue weighted by atomic mass is 35.5. The second-order valence-electron chi connectivity index (χ2n) is 7.02. The number of Topliss-reactive ketones (excluding diaryl/α,β-unsaturated/α-hetero) is 1. The normalized spacial score (nSPS) is 17.7. The number of amides is 1. The van der Waals surface area contributed by atoms with Crippen LogP contribution in [-0.4, -0.2) is 23.4 Å². The average Bonchev–Trinajstić information content (AvgIpc) is 3.05. The molecule has 156 valence electrons. The van der Waals surface area contributed by atoms with Crippen molar-refractivity contribution >= 4 is 34.7 Å². The van der Waals surface area contributed by atoms with Crippen molar-refractivity contribution in [3.63, 3.8) is 0 Å². The Morgan fingerprint density at radius 3 is 2.35 bits per heavy atom. The predicted molar refractivity (Wildman–Crippen MR) is 120 cm³/mol. The van der Waals surface area contributed by atoms with E-state index in [9.17, 15) is 14.7 Å². The van der Waals surface area contributed by atoms with Gasteiger partial charge in [0.25, 0.3) is 11.7 Å². The van der Waals surface area contributed by atoms with Gasteiger partial charge in [0.2, 0.25) is 0 Å². The van der Waals surface area contributed by atoms with Gasteiger partial charge in [-0.3, -0.25) is 14.5 Å². The van der Waals surface area contributed by atoms with Gasteiger partial charge in [0.1, 0.15) is 11.5 Å². The molecule has 3 aromatic rings. The highest BCUT2D eigenvalue weighted by molar-refractivity contribution is 6.51. The Labute approximate surface area is 185 Å². The van der Waals surface area contributed by atoms with E-state index in [2.05, 4.69) is 0 Å². The van der Waals surface area contributed by atoms with Gasteiger partial charge in [-0.2, -0.15) is 0 Å². The molecule has 1 N–H and O–H groups in total. The summed E-state index contributed by atoms with van der Waals surface area (Å²) in [6, 6.07) is 21.8. The number of aliphatic hydroxyl groups excluding tert-OH is 1. The van der Waals surface area contributed by atoms with Crippen LogP contribution in [0.4, 0.5) is 5.69 Å². The van der Waals surface area contributed by atoms with Crippen LogP contribution in [0.5, 0.6) is 5.75 Å². The summed E-state index contributed by atoms with van der Waals surface area (Å²) in [6.45, 7) is 2.41. The lowest BCUT2D eigenvalue weighted by atomic mass is 9.95. The molecule has 1 atom stereocenters. The van der Waals surface area contributed by atoms with Crippen LogP contribution in [0.15, 0.2) is 84.4 Å². The van der Waals surface area contributed by atoms with E-state index in [0.717, 1.165) is 0 Å². The fourth-order valence-corrected chi connectivity index (χ4v) is 3.89. The van der Waals surface area contributed by atoms with E-state index in [4.69, 9.17) is 16.3 Å². The molecule has 1 unspecified atom stereocenters. The third-order valence-corrected chi connectivity index (χ3v) is 5.32. The van der Waals surface area contributed by atoms with Crippen molar-refractivity contribution in [2.75, 3.05) is 11.5 Å². The largest absolute Gasteiger partial charge is 0.507 e. The number of hydrogen-bond donors (Lipinski definition) is 1. The molecule has 6 heteroatoms. The van der Waals surface area contributed by atoms with Crippen LogP contribution in [0, 0.1) is 0 Å². The summed E-state index contributed by atoms with van der Waals surface area (Å²) >= 11 is 6.15. The average molecular weight is 434 g/mol. The lowest BCUT2D eigenvalue weighted by Crippen LogP contribution is -2.29. The van der Waals surface area contributed by atoms with Crippen LogP contribution in [-0.2, 0) is 9.59 Å². The van der Waals surface area contributed by atoms with E-state index < -0.39 is 17.7 Å². The summed E-state index contributed by atoms with van der Waals surface area (Å²) in [5.74, 6) is -1.02. The lowest BCUT2D eigenvalue weighted by Gasteiger charge is -2.25. The van der Waals surface area contributed by atoms with Gasteiger partial charge in [0.05, 0.1) is 18.2 Å². The zero-order chi connectivity index (χ0) is 22.0. The van der Waals surface area contributed by atoms with Crippen LogP contribution >= 0.6 is 11.6 Å². The summed E-state index contributed by atoms with van der Waals surface area (Å²) in [7, 11) is 0. The van der Waals surface area contributed by atoms with E-state index in [1.807, 2.05) is 13.0 Å². The molecule has 1 heterocycles. The number of aliphatic hydroxyl groups is 1. The Balaban J connectivity index is 1.91. The van der Waals surface area contributed by atoms with E-state index >= 15 is 0 Å². The van der Waals surface area contributed by atoms with E-state index in [1.54, 1.807) is 72.8 Å². The third kappa shape index (κ3) is 3.92. The van der Waals surface area contributed by atoms with Crippen molar-refractivity contribution in [3.8, 4) is 5.75 Å². The molecule has 5 nitrogen and oxygen atoms in total. The number of benzene rings is 3. The number of hydrogen-bond acceptors (Lipinski definition) is 4. The standard InChI is InChI=1S/C25H20ClNO4/c1-2-31-20-13-11-16(12-14-20)22-21(23(28)17-7-4-3-5-8-17)24(29)25(30)27(22)19-10-6-9-18(26)15-19/h3-15,22,28H,2H2,1H3. The van der Waals surface area contributed by atoms with Gasteiger partial charge in [-0.15, -0.1) is 0 Å². The minimum absolute atomic E-state index is 0.0281. The molecule has 1 saturated heterocycles. The van der Waals surface area contributed by atoms with Crippen LogP contribution in [0.3, 0.4) is 0 Å². The van der Waals surface area contributed by atoms with Crippen LogP contribution in [0.1, 0.15) is 24.1 Å². The Morgan fingerprint density at radius 1 is 1.00 bits per heavy atom. The molecule has 0 aromatic heterocycles. The molecular formula is C25H20ClNO4. The van der Waals surface area contributed by atoms with Crippen LogP contribution < -0.4 is 9.64 Å². The molecule has 0 saturated carbocycles. The van der Waals surface area contributed by atoms with E-state index in [0.29, 0.717) is 34.2 Å². The van der Waals surface area contributed by atoms with Crippen LogP contribution in [0.25, 0.3) is 5.76 Å². The molecular weight excluding hydrogens is 414 g/mol. The van der Waals surface area contributed by atoms with Crippen molar-refractivity contribution < 1.29 is 19.4 Å². The Kier molecular flexibility index (Phi) is 5.78. The van der Waals surface area contributed by atoms with Crippen molar-refractivity contribution in [3.05, 3.63) is 101 Å². The molecule has 0 radical (unpaired) electrons. The second kappa shape index (κ2) is 8.66. The molecule has 1 aliphatic rings. The topological polar surface area (TPSA) is 66.8 Å². The maximum Gasteiger partial charge on any atom is 0.300 e. The van der Waals surface area contributed by atoms with Crippen molar-refractivity contribution in [2.24, 2.45) is 0 Å². The molecule has 0 bridgehead atoms. The predicted octanol–water partition coefficient (Wildman–Crippen LogP) is 5.37.